The first kappa shape index (κ1) is 26.8. The van der Waals surface area contributed by atoms with Crippen molar-refractivity contribution in [2.75, 3.05) is 14.2 Å². The summed E-state index contributed by atoms with van der Waals surface area (Å²) in [7, 11) is 2.84. The lowest BCUT2D eigenvalue weighted by Crippen LogP contribution is -2.30. The van der Waals surface area contributed by atoms with E-state index in [1.807, 2.05) is 30.3 Å². The zero-order valence-corrected chi connectivity index (χ0v) is 22.9. The first-order chi connectivity index (χ1) is 19.3. The molecule has 1 aliphatic rings. The minimum Gasteiger partial charge on any atom is -0.503 e. The third-order valence-electron chi connectivity index (χ3n) is 6.71. The maximum absolute atomic E-state index is 14.0. The number of nitrogens with zero attached hydrogens (tertiary/aromatic N) is 2. The zero-order chi connectivity index (χ0) is 28.4. The van der Waals surface area contributed by atoms with Crippen LogP contribution in [0.3, 0.4) is 0 Å². The van der Waals surface area contributed by atoms with E-state index in [2.05, 4.69) is 4.98 Å². The number of hydrogen-bond acceptors (Lipinski definition) is 8. The molecule has 1 aromatic heterocycles. The molecule has 3 aromatic carbocycles. The average molecular weight is 555 g/mol. The fourth-order valence-corrected chi connectivity index (χ4v) is 5.73. The van der Waals surface area contributed by atoms with Crippen molar-refractivity contribution in [1.29, 1.82) is 0 Å². The molecule has 9 heteroatoms. The Kier molecular flexibility index (Phi) is 7.48. The first-order valence-corrected chi connectivity index (χ1v) is 13.3. The van der Waals surface area contributed by atoms with Crippen molar-refractivity contribution in [1.82, 2.24) is 9.88 Å². The van der Waals surface area contributed by atoms with Crippen LogP contribution in [0.25, 0.3) is 10.6 Å². The number of ether oxygens (including phenoxy) is 2. The molecule has 40 heavy (non-hydrogen) atoms. The van der Waals surface area contributed by atoms with Gasteiger partial charge in [0.2, 0.25) is 5.78 Å². The highest BCUT2D eigenvalue weighted by Crippen LogP contribution is 2.42. The number of esters is 1. The summed E-state index contributed by atoms with van der Waals surface area (Å²) in [5.74, 6) is -1.65. The number of hydrogen-bond donors (Lipinski definition) is 1. The van der Waals surface area contributed by atoms with Crippen molar-refractivity contribution >= 4 is 29.0 Å². The van der Waals surface area contributed by atoms with Crippen molar-refractivity contribution in [3.05, 3.63) is 117 Å². The normalized spacial score (nSPS) is 14.9. The monoisotopic (exact) mass is 554 g/mol. The summed E-state index contributed by atoms with van der Waals surface area (Å²) < 4.78 is 10.2. The number of carbonyl (C=O) groups excluding carboxylic acids is 3. The molecule has 0 spiro atoms. The molecule has 0 aliphatic carbocycles. The second-order valence-electron chi connectivity index (χ2n) is 9.19. The summed E-state index contributed by atoms with van der Waals surface area (Å²) in [6.07, 6.45) is 0. The molecule has 0 bridgehead atoms. The number of benzene rings is 3. The smallest absolute Gasteiger partial charge is 0.337 e. The van der Waals surface area contributed by atoms with E-state index in [-0.39, 0.29) is 12.1 Å². The molecule has 0 radical (unpaired) electrons. The lowest BCUT2D eigenvalue weighted by molar-refractivity contribution is -0.130. The molecular formula is C31H26N2O6S. The molecule has 1 amide bonds. The van der Waals surface area contributed by atoms with Gasteiger partial charge < -0.3 is 19.5 Å². The fraction of sp³-hybridized carbons (Fsp3) is 0.161. The van der Waals surface area contributed by atoms with E-state index in [1.165, 1.54) is 30.5 Å². The van der Waals surface area contributed by atoms with Crippen LogP contribution in [0.2, 0.25) is 0 Å². The van der Waals surface area contributed by atoms with Gasteiger partial charge in [-0.2, -0.15) is 0 Å². The van der Waals surface area contributed by atoms with Gasteiger partial charge in [0.15, 0.2) is 5.76 Å². The molecule has 0 fully saturated rings. The molecule has 4 aromatic rings. The van der Waals surface area contributed by atoms with Gasteiger partial charge in [-0.3, -0.25) is 9.59 Å². The maximum atomic E-state index is 14.0. The summed E-state index contributed by atoms with van der Waals surface area (Å²) in [5, 5.41) is 11.8. The Morgan fingerprint density at radius 3 is 2.40 bits per heavy atom. The Morgan fingerprint density at radius 1 is 1.00 bits per heavy atom. The quantitative estimate of drug-likeness (QED) is 0.220. The highest BCUT2D eigenvalue weighted by molar-refractivity contribution is 7.17. The number of ketones is 1. The second-order valence-corrected chi connectivity index (χ2v) is 10.2. The maximum Gasteiger partial charge on any atom is 0.337 e. The first-order valence-electron chi connectivity index (χ1n) is 12.4. The highest BCUT2D eigenvalue weighted by atomic mass is 32.1. The van der Waals surface area contributed by atoms with Crippen molar-refractivity contribution in [3.63, 3.8) is 0 Å². The van der Waals surface area contributed by atoms with Crippen LogP contribution >= 0.6 is 11.3 Å². The van der Waals surface area contributed by atoms with Gasteiger partial charge in [0.25, 0.3) is 5.91 Å². The predicted octanol–water partition coefficient (Wildman–Crippen LogP) is 5.69. The lowest BCUT2D eigenvalue weighted by Gasteiger charge is -2.27. The third-order valence-corrected chi connectivity index (χ3v) is 7.91. The van der Waals surface area contributed by atoms with E-state index >= 15 is 0 Å². The molecule has 8 nitrogen and oxygen atoms in total. The van der Waals surface area contributed by atoms with E-state index in [0.29, 0.717) is 38.0 Å². The molecule has 1 atom stereocenters. The molecule has 0 saturated heterocycles. The number of thiazole rings is 1. The third kappa shape index (κ3) is 4.99. The SMILES string of the molecule is COC(=O)c1ccc(CN2C(=O)C(O)=C(C(=O)c3sc(-c4ccccc4)nc3C)C2c2cccc(OC)c2)cc1. The Labute approximate surface area is 235 Å². The topological polar surface area (TPSA) is 106 Å². The number of aliphatic hydroxyl groups is 1. The second kappa shape index (κ2) is 11.2. The minimum atomic E-state index is -0.878. The van der Waals surface area contributed by atoms with Gasteiger partial charge in [0.1, 0.15) is 10.8 Å². The molecule has 1 aliphatic heterocycles. The molecule has 1 unspecified atom stereocenters. The summed E-state index contributed by atoms with van der Waals surface area (Å²) in [6, 6.07) is 22.3. The molecule has 5 rings (SSSR count). The van der Waals surface area contributed by atoms with Crippen molar-refractivity contribution < 1.29 is 29.0 Å². The summed E-state index contributed by atoms with van der Waals surface area (Å²) >= 11 is 1.22. The van der Waals surface area contributed by atoms with E-state index < -0.39 is 29.5 Å². The molecule has 202 valence electrons. The molecule has 1 N–H and O–H groups in total. The zero-order valence-electron chi connectivity index (χ0n) is 22.1. The minimum absolute atomic E-state index is 0.0178. The number of aromatic nitrogens is 1. The lowest BCUT2D eigenvalue weighted by atomic mass is 9.94. The number of aryl methyl sites for hydroxylation is 1. The van der Waals surface area contributed by atoms with Crippen LogP contribution in [-0.4, -0.2) is 46.9 Å². The standard InChI is InChI=1S/C31H26N2O6S/c1-18-28(40-29(32-18)20-8-5-4-6-9-20)26(34)24-25(22-10-7-11-23(16-22)38-2)33(30(36)27(24)35)17-19-12-14-21(15-13-19)31(37)39-3/h4-16,25,35H,17H2,1-3H3. The molecular weight excluding hydrogens is 528 g/mol. The van der Waals surface area contributed by atoms with Gasteiger partial charge in [0.05, 0.1) is 42.0 Å². The van der Waals surface area contributed by atoms with Crippen molar-refractivity contribution in [2.45, 2.75) is 19.5 Å². The van der Waals surface area contributed by atoms with E-state index in [1.54, 1.807) is 55.5 Å². The Morgan fingerprint density at radius 2 is 1.73 bits per heavy atom. The van der Waals surface area contributed by atoms with Crippen LogP contribution in [0.4, 0.5) is 0 Å². The van der Waals surface area contributed by atoms with Crippen molar-refractivity contribution in [3.8, 4) is 16.3 Å². The van der Waals surface area contributed by atoms with Gasteiger partial charge in [-0.25, -0.2) is 9.78 Å². The van der Waals surface area contributed by atoms with Gasteiger partial charge in [-0.1, -0.05) is 54.6 Å². The molecule has 2 heterocycles. The fourth-order valence-electron chi connectivity index (χ4n) is 4.70. The summed E-state index contributed by atoms with van der Waals surface area (Å²) in [6.45, 7) is 1.83. The van der Waals surface area contributed by atoms with E-state index in [4.69, 9.17) is 9.47 Å². The van der Waals surface area contributed by atoms with Crippen LogP contribution in [0.1, 0.15) is 42.9 Å². The van der Waals surface area contributed by atoms with Gasteiger partial charge in [0, 0.05) is 12.1 Å². The predicted molar refractivity (Wildman–Crippen MR) is 150 cm³/mol. The Balaban J connectivity index is 1.55. The van der Waals surface area contributed by atoms with Crippen LogP contribution in [0.5, 0.6) is 5.75 Å². The van der Waals surface area contributed by atoms with Gasteiger partial charge >= 0.3 is 5.97 Å². The van der Waals surface area contributed by atoms with Crippen LogP contribution in [0.15, 0.2) is 90.2 Å². The number of aliphatic hydroxyl groups excluding tert-OH is 1. The van der Waals surface area contributed by atoms with Crippen molar-refractivity contribution in [2.24, 2.45) is 0 Å². The number of rotatable bonds is 8. The van der Waals surface area contributed by atoms with Crippen LogP contribution in [0, 0.1) is 6.92 Å². The van der Waals surface area contributed by atoms with Crippen LogP contribution < -0.4 is 4.74 Å². The number of carbonyl (C=O) groups is 3. The number of amides is 1. The van der Waals surface area contributed by atoms with E-state index in [9.17, 15) is 19.5 Å². The Bertz CT molecular complexity index is 1630. The van der Waals surface area contributed by atoms with E-state index in [0.717, 1.165) is 5.56 Å². The summed E-state index contributed by atoms with van der Waals surface area (Å²) in [5.41, 5.74) is 3.05. The number of Topliss-reactive ketones (excluding diaryl/α,β-unsaturated/α-hetero) is 1. The largest absolute Gasteiger partial charge is 0.503 e. The van der Waals surface area contributed by atoms with Gasteiger partial charge in [-0.15, -0.1) is 11.3 Å². The molecule has 0 saturated carbocycles. The summed E-state index contributed by atoms with van der Waals surface area (Å²) in [4.78, 5) is 45.8. The van der Waals surface area contributed by atoms with Crippen LogP contribution in [-0.2, 0) is 16.1 Å². The highest BCUT2D eigenvalue weighted by Gasteiger charge is 2.44. The number of methoxy groups -OCH3 is 2. The average Bonchev–Trinajstić information content (AvgIpc) is 3.50. The van der Waals surface area contributed by atoms with Gasteiger partial charge in [-0.05, 0) is 42.3 Å². The Hall–Kier alpha value is -4.76.